The topological polar surface area (TPSA) is 49.4 Å². The second kappa shape index (κ2) is 5.97. The maximum absolute atomic E-state index is 12.0. The summed E-state index contributed by atoms with van der Waals surface area (Å²) in [5.41, 5.74) is 2.79. The average Bonchev–Trinajstić information content (AvgIpc) is 2.43. The van der Waals surface area contributed by atoms with Crippen molar-refractivity contribution in [1.29, 1.82) is 0 Å². The largest absolute Gasteiger partial charge is 0.320 e. The van der Waals surface area contributed by atoms with Crippen molar-refractivity contribution in [1.82, 2.24) is 5.32 Å². The Morgan fingerprint density at radius 1 is 1.37 bits per heavy atom. The van der Waals surface area contributed by atoms with E-state index < -0.39 is 0 Å². The number of Topliss-reactive ketones (excluding diaryl/α,β-unsaturated/α-hetero) is 1. The van der Waals surface area contributed by atoms with E-state index in [-0.39, 0.29) is 11.7 Å². The van der Waals surface area contributed by atoms with Crippen LogP contribution in [-0.4, -0.2) is 32.3 Å². The smallest absolute Gasteiger partial charge is 0.227 e. The summed E-state index contributed by atoms with van der Waals surface area (Å²) in [6.45, 7) is 0.855. The summed E-state index contributed by atoms with van der Waals surface area (Å²) >= 11 is 0. The number of carbonyl (C=O) groups is 2. The highest BCUT2D eigenvalue weighted by molar-refractivity contribution is 5.99. The van der Waals surface area contributed by atoms with Gasteiger partial charge in [0.05, 0.1) is 0 Å². The fraction of sp³-hybridized carbons (Fsp3) is 0.467. The van der Waals surface area contributed by atoms with Crippen LogP contribution >= 0.6 is 0 Å². The number of hydrogen-bond acceptors (Lipinski definition) is 3. The molecule has 0 fully saturated rings. The molecular formula is C15H20N2O2. The highest BCUT2D eigenvalue weighted by Gasteiger charge is 2.21. The van der Waals surface area contributed by atoms with Gasteiger partial charge in [0.15, 0.2) is 5.78 Å². The fourth-order valence-corrected chi connectivity index (χ4v) is 2.40. The lowest BCUT2D eigenvalue weighted by molar-refractivity contribution is -0.118. The number of carbonyl (C=O) groups excluding carboxylic acids is 2. The first-order chi connectivity index (χ1) is 9.13. The third-order valence-corrected chi connectivity index (χ3v) is 3.58. The predicted molar refractivity (Wildman–Crippen MR) is 75.7 cm³/mol. The minimum absolute atomic E-state index is 0.139. The number of rotatable bonds is 5. The van der Waals surface area contributed by atoms with E-state index in [1.165, 1.54) is 0 Å². The minimum atomic E-state index is 0.139. The van der Waals surface area contributed by atoms with Gasteiger partial charge in [0, 0.05) is 31.1 Å². The number of hydrogen-bond donors (Lipinski definition) is 1. The van der Waals surface area contributed by atoms with Crippen LogP contribution in [0.5, 0.6) is 0 Å². The van der Waals surface area contributed by atoms with Gasteiger partial charge in [-0.2, -0.15) is 0 Å². The van der Waals surface area contributed by atoms with Crippen molar-refractivity contribution in [3.63, 3.8) is 0 Å². The van der Waals surface area contributed by atoms with Crippen molar-refractivity contribution in [2.24, 2.45) is 0 Å². The van der Waals surface area contributed by atoms with E-state index >= 15 is 0 Å². The van der Waals surface area contributed by atoms with Crippen LogP contribution < -0.4 is 10.2 Å². The Morgan fingerprint density at radius 3 is 2.89 bits per heavy atom. The van der Waals surface area contributed by atoms with E-state index in [2.05, 4.69) is 5.32 Å². The van der Waals surface area contributed by atoms with Crippen LogP contribution in [0.1, 0.15) is 35.2 Å². The summed E-state index contributed by atoms with van der Waals surface area (Å²) in [6.07, 6.45) is 2.68. The molecule has 1 amide bonds. The van der Waals surface area contributed by atoms with Crippen molar-refractivity contribution in [2.45, 2.75) is 25.7 Å². The van der Waals surface area contributed by atoms with Gasteiger partial charge in [-0.1, -0.05) is 0 Å². The highest BCUT2D eigenvalue weighted by atomic mass is 16.2. The van der Waals surface area contributed by atoms with E-state index in [0.717, 1.165) is 36.2 Å². The van der Waals surface area contributed by atoms with E-state index in [9.17, 15) is 9.59 Å². The molecule has 0 bridgehead atoms. The van der Waals surface area contributed by atoms with Crippen LogP contribution in [0, 0.1) is 0 Å². The SMILES string of the molecule is CNCCCC(=O)c1ccc2c(c1)CCC(=O)N2C. The quantitative estimate of drug-likeness (QED) is 0.648. The molecule has 0 radical (unpaired) electrons. The van der Waals surface area contributed by atoms with E-state index in [4.69, 9.17) is 0 Å². The van der Waals surface area contributed by atoms with Gasteiger partial charge in [0.1, 0.15) is 0 Å². The number of aryl methyl sites for hydroxylation is 1. The summed E-state index contributed by atoms with van der Waals surface area (Å²) < 4.78 is 0. The van der Waals surface area contributed by atoms with E-state index in [1.54, 1.807) is 11.9 Å². The standard InChI is InChI=1S/C15H20N2O2/c1-16-9-3-4-14(18)12-5-7-13-11(10-12)6-8-15(19)17(13)2/h5,7,10,16H,3-4,6,8-9H2,1-2H3. The van der Waals surface area contributed by atoms with E-state index in [1.807, 2.05) is 25.2 Å². The number of nitrogens with one attached hydrogen (secondary N) is 1. The zero-order valence-corrected chi connectivity index (χ0v) is 11.5. The summed E-state index contributed by atoms with van der Waals surface area (Å²) in [5.74, 6) is 0.318. The molecule has 4 nitrogen and oxygen atoms in total. The molecule has 0 aliphatic carbocycles. The molecule has 102 valence electrons. The van der Waals surface area contributed by atoms with Crippen LogP contribution in [-0.2, 0) is 11.2 Å². The Labute approximate surface area is 113 Å². The third kappa shape index (κ3) is 3.01. The molecule has 19 heavy (non-hydrogen) atoms. The lowest BCUT2D eigenvalue weighted by atomic mass is 9.96. The summed E-state index contributed by atoms with van der Waals surface area (Å²) in [6, 6.07) is 5.66. The van der Waals surface area contributed by atoms with Gasteiger partial charge in [0.2, 0.25) is 5.91 Å². The number of benzene rings is 1. The van der Waals surface area contributed by atoms with Gasteiger partial charge in [-0.05, 0) is 50.2 Å². The Balaban J connectivity index is 2.13. The third-order valence-electron chi connectivity index (χ3n) is 3.58. The number of amides is 1. The second-order valence-corrected chi connectivity index (χ2v) is 4.93. The first-order valence-electron chi connectivity index (χ1n) is 6.70. The van der Waals surface area contributed by atoms with Crippen LogP contribution in [0.3, 0.4) is 0 Å². The van der Waals surface area contributed by atoms with Gasteiger partial charge in [-0.15, -0.1) is 0 Å². The Bertz CT molecular complexity index is 497. The van der Waals surface area contributed by atoms with Crippen molar-refractivity contribution < 1.29 is 9.59 Å². The molecule has 0 unspecified atom stereocenters. The molecule has 1 aromatic carbocycles. The van der Waals surface area contributed by atoms with Gasteiger partial charge < -0.3 is 10.2 Å². The molecule has 1 heterocycles. The molecule has 0 aromatic heterocycles. The van der Waals surface area contributed by atoms with Crippen molar-refractivity contribution in [3.05, 3.63) is 29.3 Å². The molecule has 0 spiro atoms. The van der Waals surface area contributed by atoms with Crippen LogP contribution in [0.15, 0.2) is 18.2 Å². The molecular weight excluding hydrogens is 240 g/mol. The molecule has 0 saturated heterocycles. The van der Waals surface area contributed by atoms with Crippen LogP contribution in [0.4, 0.5) is 5.69 Å². The monoisotopic (exact) mass is 260 g/mol. The number of anilines is 1. The molecule has 2 rings (SSSR count). The van der Waals surface area contributed by atoms with Crippen molar-refractivity contribution >= 4 is 17.4 Å². The number of nitrogens with zero attached hydrogens (tertiary/aromatic N) is 1. The maximum Gasteiger partial charge on any atom is 0.227 e. The molecule has 1 aliphatic rings. The zero-order chi connectivity index (χ0) is 13.8. The van der Waals surface area contributed by atoms with Crippen LogP contribution in [0.25, 0.3) is 0 Å². The normalized spacial score (nSPS) is 14.4. The Morgan fingerprint density at radius 2 is 2.16 bits per heavy atom. The van der Waals surface area contributed by atoms with Gasteiger partial charge in [0.25, 0.3) is 0 Å². The number of ketones is 1. The second-order valence-electron chi connectivity index (χ2n) is 4.93. The number of fused-ring (bicyclic) bond motifs is 1. The van der Waals surface area contributed by atoms with Gasteiger partial charge >= 0.3 is 0 Å². The maximum atomic E-state index is 12.0. The summed E-state index contributed by atoms with van der Waals surface area (Å²) in [4.78, 5) is 25.3. The summed E-state index contributed by atoms with van der Waals surface area (Å²) in [5, 5.41) is 3.04. The van der Waals surface area contributed by atoms with Gasteiger partial charge in [-0.25, -0.2) is 0 Å². The van der Waals surface area contributed by atoms with Crippen molar-refractivity contribution in [2.75, 3.05) is 25.5 Å². The molecule has 0 atom stereocenters. The first kappa shape index (κ1) is 13.7. The molecule has 0 saturated carbocycles. The minimum Gasteiger partial charge on any atom is -0.320 e. The Kier molecular flexibility index (Phi) is 4.32. The fourth-order valence-electron chi connectivity index (χ4n) is 2.40. The van der Waals surface area contributed by atoms with Crippen molar-refractivity contribution in [3.8, 4) is 0 Å². The van der Waals surface area contributed by atoms with Crippen LogP contribution in [0.2, 0.25) is 0 Å². The van der Waals surface area contributed by atoms with E-state index in [0.29, 0.717) is 12.8 Å². The molecule has 4 heteroatoms. The molecule has 1 N–H and O–H groups in total. The molecule has 1 aromatic rings. The van der Waals surface area contributed by atoms with Gasteiger partial charge in [-0.3, -0.25) is 9.59 Å². The average molecular weight is 260 g/mol. The Hall–Kier alpha value is -1.68. The molecule has 1 aliphatic heterocycles. The lowest BCUT2D eigenvalue weighted by Gasteiger charge is -2.26. The predicted octanol–water partition coefficient (Wildman–Crippen LogP) is 1.78. The first-order valence-corrected chi connectivity index (χ1v) is 6.70. The zero-order valence-electron chi connectivity index (χ0n) is 11.5. The lowest BCUT2D eigenvalue weighted by Crippen LogP contribution is -2.31. The summed E-state index contributed by atoms with van der Waals surface area (Å²) in [7, 11) is 3.67. The highest BCUT2D eigenvalue weighted by Crippen LogP contribution is 2.27.